The van der Waals surface area contributed by atoms with E-state index in [-0.39, 0.29) is 0 Å². The molecule has 0 heterocycles. The number of nitrogens with zero attached hydrogens (tertiary/aromatic N) is 1. The Morgan fingerprint density at radius 3 is 1.63 bits per heavy atom. The molecule has 0 aromatic heterocycles. The molecule has 0 saturated carbocycles. The van der Waals surface area contributed by atoms with Crippen LogP contribution in [-0.2, 0) is 4.79 Å². The maximum atomic E-state index is 11.4. The van der Waals surface area contributed by atoms with Crippen molar-refractivity contribution in [1.29, 1.82) is 0 Å². The van der Waals surface area contributed by atoms with Crippen LogP contribution in [0.15, 0.2) is 0 Å². The number of hydrogen-bond acceptors (Lipinski definition) is 3. The van der Waals surface area contributed by atoms with Crippen LogP contribution in [-0.4, -0.2) is 48.3 Å². The monoisotopic (exact) mass is 385 g/mol. The number of unbranched alkanes of at least 4 members (excludes halogenated alkanes) is 11. The zero-order chi connectivity index (χ0) is 20.5. The van der Waals surface area contributed by atoms with Crippen molar-refractivity contribution in [3.8, 4) is 0 Å². The van der Waals surface area contributed by atoms with Crippen LogP contribution in [0.25, 0.3) is 0 Å². The molecule has 0 radical (unpaired) electrons. The Morgan fingerprint density at radius 2 is 1.22 bits per heavy atom. The van der Waals surface area contributed by atoms with Crippen LogP contribution in [0.5, 0.6) is 0 Å². The Morgan fingerprint density at radius 1 is 0.778 bits per heavy atom. The number of aliphatic hydroxyl groups is 1. The van der Waals surface area contributed by atoms with Gasteiger partial charge in [-0.2, -0.15) is 0 Å². The second kappa shape index (κ2) is 16.4. The molecule has 0 spiro atoms. The summed E-state index contributed by atoms with van der Waals surface area (Å²) < 4.78 is 0.301. The molecule has 2 atom stereocenters. The molecule has 162 valence electrons. The summed E-state index contributed by atoms with van der Waals surface area (Å²) in [6.45, 7) is 4.73. The Balaban J connectivity index is 3.71. The first-order valence-electron chi connectivity index (χ1n) is 11.6. The molecule has 0 fully saturated rings. The van der Waals surface area contributed by atoms with Gasteiger partial charge in [0.25, 0.3) is 0 Å². The minimum Gasteiger partial charge on any atom is -0.544 e. The summed E-state index contributed by atoms with van der Waals surface area (Å²) in [5.41, 5.74) is 0. The molecule has 0 bridgehead atoms. The number of rotatable bonds is 19. The zero-order valence-corrected chi connectivity index (χ0v) is 18.7. The van der Waals surface area contributed by atoms with Crippen LogP contribution in [0.1, 0.15) is 110 Å². The van der Waals surface area contributed by atoms with E-state index in [2.05, 4.69) is 6.92 Å². The number of aliphatic hydroxyl groups excluding tert-OH is 1. The van der Waals surface area contributed by atoms with Crippen molar-refractivity contribution in [3.63, 3.8) is 0 Å². The van der Waals surface area contributed by atoms with Gasteiger partial charge in [-0.15, -0.1) is 0 Å². The lowest BCUT2D eigenvalue weighted by atomic mass is 10.0. The number of carboxylic acid groups (broad SMARTS) is 1. The van der Waals surface area contributed by atoms with Crippen molar-refractivity contribution in [1.82, 2.24) is 0 Å². The van der Waals surface area contributed by atoms with Crippen LogP contribution in [0.2, 0.25) is 0 Å². The number of aliphatic carboxylic acids is 1. The van der Waals surface area contributed by atoms with E-state index in [0.717, 1.165) is 19.3 Å². The molecule has 2 unspecified atom stereocenters. The van der Waals surface area contributed by atoms with E-state index < -0.39 is 18.1 Å². The third-order valence-electron chi connectivity index (χ3n) is 5.75. The largest absolute Gasteiger partial charge is 0.544 e. The molecule has 0 aliphatic carbocycles. The molecule has 27 heavy (non-hydrogen) atoms. The Labute approximate surface area is 168 Å². The minimum atomic E-state index is -1.00. The number of quaternary nitrogens is 1. The van der Waals surface area contributed by atoms with Gasteiger partial charge in [-0.1, -0.05) is 97.3 Å². The van der Waals surface area contributed by atoms with Gasteiger partial charge in [0.2, 0.25) is 0 Å². The highest BCUT2D eigenvalue weighted by atomic mass is 16.4. The maximum Gasteiger partial charge on any atom is 0.129 e. The average Bonchev–Trinajstić information content (AvgIpc) is 2.59. The number of carbonyl (C=O) groups is 1. The molecular formula is C23H47NO3. The summed E-state index contributed by atoms with van der Waals surface area (Å²) in [4.78, 5) is 11.4. The number of carboxylic acids is 1. The molecule has 4 heteroatoms. The summed E-state index contributed by atoms with van der Waals surface area (Å²) in [7, 11) is 3.78. The first-order valence-corrected chi connectivity index (χ1v) is 11.6. The second-order valence-corrected chi connectivity index (χ2v) is 8.92. The van der Waals surface area contributed by atoms with Crippen LogP contribution < -0.4 is 5.11 Å². The normalized spacial score (nSPS) is 14.3. The SMILES string of the molecule is CCCCCCCCCCCCCCC(O)C[N+](C)(C)C(CCC)C(=O)[O-]. The number of hydrogen-bond donors (Lipinski definition) is 1. The third kappa shape index (κ3) is 14.1. The molecule has 0 aromatic rings. The molecular weight excluding hydrogens is 338 g/mol. The highest BCUT2D eigenvalue weighted by molar-refractivity contribution is 5.69. The van der Waals surface area contributed by atoms with E-state index in [1.807, 2.05) is 21.0 Å². The van der Waals surface area contributed by atoms with Gasteiger partial charge in [-0.05, 0) is 6.42 Å². The minimum absolute atomic E-state index is 0.301. The lowest BCUT2D eigenvalue weighted by molar-refractivity contribution is -0.911. The summed E-state index contributed by atoms with van der Waals surface area (Å²) in [5.74, 6) is -1.00. The van der Waals surface area contributed by atoms with Gasteiger partial charge in [-0.25, -0.2) is 0 Å². The molecule has 0 aromatic carbocycles. The topological polar surface area (TPSA) is 60.4 Å². The smallest absolute Gasteiger partial charge is 0.129 e. The highest BCUT2D eigenvalue weighted by Gasteiger charge is 2.30. The van der Waals surface area contributed by atoms with Gasteiger partial charge in [-0.3, -0.25) is 0 Å². The lowest BCUT2D eigenvalue weighted by Gasteiger charge is -2.39. The summed E-state index contributed by atoms with van der Waals surface area (Å²) in [6, 6.07) is -0.536. The molecule has 0 rings (SSSR count). The standard InChI is InChI=1S/C23H47NO3/c1-5-7-8-9-10-11-12-13-14-15-16-17-19-21(25)20-24(3,4)22(18-6-2)23(26)27/h21-22,25H,5-20H2,1-4H3. The van der Waals surface area contributed by atoms with Gasteiger partial charge < -0.3 is 19.5 Å². The van der Waals surface area contributed by atoms with E-state index >= 15 is 0 Å². The Kier molecular flexibility index (Phi) is 16.0. The van der Waals surface area contributed by atoms with Crippen molar-refractivity contribution in [2.45, 2.75) is 122 Å². The lowest BCUT2D eigenvalue weighted by Crippen LogP contribution is -2.59. The fourth-order valence-corrected chi connectivity index (χ4v) is 4.01. The molecule has 1 N–H and O–H groups in total. The maximum absolute atomic E-state index is 11.4. The molecule has 0 amide bonds. The quantitative estimate of drug-likeness (QED) is 0.264. The van der Waals surface area contributed by atoms with Gasteiger partial charge >= 0.3 is 0 Å². The average molecular weight is 386 g/mol. The zero-order valence-electron chi connectivity index (χ0n) is 18.7. The van der Waals surface area contributed by atoms with Crippen LogP contribution >= 0.6 is 0 Å². The van der Waals surface area contributed by atoms with Gasteiger partial charge in [0.05, 0.1) is 20.1 Å². The van der Waals surface area contributed by atoms with Crippen LogP contribution in [0.3, 0.4) is 0 Å². The van der Waals surface area contributed by atoms with E-state index in [9.17, 15) is 15.0 Å². The first-order chi connectivity index (χ1) is 12.8. The number of likely N-dealkylation sites (N-methyl/N-ethyl adjacent to an activating group) is 1. The Bertz CT molecular complexity index is 358. The summed E-state index contributed by atoms with van der Waals surface area (Å²) in [5, 5.41) is 21.7. The predicted molar refractivity (Wildman–Crippen MR) is 112 cm³/mol. The van der Waals surface area contributed by atoms with Gasteiger partial charge in [0.1, 0.15) is 18.7 Å². The fourth-order valence-electron chi connectivity index (χ4n) is 4.01. The predicted octanol–water partition coefficient (Wildman–Crippen LogP) is 4.43. The summed E-state index contributed by atoms with van der Waals surface area (Å²) >= 11 is 0. The van der Waals surface area contributed by atoms with Crippen molar-refractivity contribution < 1.29 is 19.5 Å². The number of carbonyl (C=O) groups excluding carboxylic acids is 1. The molecule has 4 nitrogen and oxygen atoms in total. The van der Waals surface area contributed by atoms with E-state index in [1.165, 1.54) is 70.6 Å². The van der Waals surface area contributed by atoms with E-state index in [4.69, 9.17) is 0 Å². The van der Waals surface area contributed by atoms with E-state index in [1.54, 1.807) is 0 Å². The molecule has 0 saturated heterocycles. The fraction of sp³-hybridized carbons (Fsp3) is 0.957. The highest BCUT2D eigenvalue weighted by Crippen LogP contribution is 2.17. The Hall–Kier alpha value is -0.610. The van der Waals surface area contributed by atoms with Crippen molar-refractivity contribution >= 4 is 5.97 Å². The van der Waals surface area contributed by atoms with Gasteiger partial charge in [0, 0.05) is 6.42 Å². The van der Waals surface area contributed by atoms with Crippen LogP contribution in [0, 0.1) is 0 Å². The molecule has 0 aliphatic rings. The van der Waals surface area contributed by atoms with Crippen molar-refractivity contribution in [2.75, 3.05) is 20.6 Å². The first kappa shape index (κ1) is 26.4. The van der Waals surface area contributed by atoms with Crippen molar-refractivity contribution in [3.05, 3.63) is 0 Å². The van der Waals surface area contributed by atoms with Crippen LogP contribution in [0.4, 0.5) is 0 Å². The second-order valence-electron chi connectivity index (χ2n) is 8.92. The van der Waals surface area contributed by atoms with E-state index in [0.29, 0.717) is 17.4 Å². The molecule has 0 aliphatic heterocycles. The summed E-state index contributed by atoms with van der Waals surface area (Å²) in [6.07, 6.45) is 17.5. The van der Waals surface area contributed by atoms with Gasteiger partial charge in [0.15, 0.2) is 0 Å². The van der Waals surface area contributed by atoms with Crippen molar-refractivity contribution in [2.24, 2.45) is 0 Å². The third-order valence-corrected chi connectivity index (χ3v) is 5.75.